The van der Waals surface area contributed by atoms with Crippen LogP contribution in [0.5, 0.6) is 0 Å². The highest BCUT2D eigenvalue weighted by Gasteiger charge is 2.42. The number of halogens is 1. The third kappa shape index (κ3) is 3.35. The van der Waals surface area contributed by atoms with Crippen LogP contribution in [-0.2, 0) is 4.79 Å². The maximum Gasteiger partial charge on any atom is 0.294 e. The van der Waals surface area contributed by atoms with Gasteiger partial charge in [-0.15, -0.1) is 0 Å². The molecule has 0 aliphatic carbocycles. The second-order valence-electron chi connectivity index (χ2n) is 7.62. The van der Waals surface area contributed by atoms with E-state index in [0.29, 0.717) is 22.0 Å². The van der Waals surface area contributed by atoms with Crippen LogP contribution in [0.25, 0.3) is 16.5 Å². The first kappa shape index (κ1) is 19.3. The van der Waals surface area contributed by atoms with Gasteiger partial charge >= 0.3 is 0 Å². The van der Waals surface area contributed by atoms with Crippen LogP contribution in [0.15, 0.2) is 90.7 Å². The molecule has 4 aromatic rings. The van der Waals surface area contributed by atoms with Crippen molar-refractivity contribution in [3.8, 4) is 0 Å². The number of pyridine rings is 1. The highest BCUT2D eigenvalue weighted by atomic mass is 35.5. The van der Waals surface area contributed by atoms with Crippen LogP contribution >= 0.6 is 11.6 Å². The van der Waals surface area contributed by atoms with Crippen molar-refractivity contribution in [1.29, 1.82) is 0 Å². The summed E-state index contributed by atoms with van der Waals surface area (Å²) in [5.41, 5.74) is 4.49. The number of aliphatic hydroxyl groups is 1. The zero-order chi connectivity index (χ0) is 21.5. The molecule has 0 saturated heterocycles. The number of carbonyl (C=O) groups is 1. The number of aryl methyl sites for hydroxylation is 1. The molecule has 1 aromatic heterocycles. The number of nitrogens with zero attached hydrogens (tertiary/aromatic N) is 2. The van der Waals surface area contributed by atoms with Crippen molar-refractivity contribution in [2.45, 2.75) is 13.0 Å². The van der Waals surface area contributed by atoms with Crippen LogP contribution in [0.2, 0.25) is 5.02 Å². The number of carbonyl (C=O) groups excluding carboxylic acids is 1. The Labute approximate surface area is 185 Å². The van der Waals surface area contributed by atoms with Crippen molar-refractivity contribution >= 4 is 39.7 Å². The third-order valence-corrected chi connectivity index (χ3v) is 5.83. The first-order chi connectivity index (χ1) is 15.0. The van der Waals surface area contributed by atoms with E-state index in [1.807, 2.05) is 79.7 Å². The molecule has 1 aliphatic heterocycles. The molecule has 4 nitrogen and oxygen atoms in total. The summed E-state index contributed by atoms with van der Waals surface area (Å²) >= 11 is 6.11. The Morgan fingerprint density at radius 2 is 1.61 bits per heavy atom. The van der Waals surface area contributed by atoms with Gasteiger partial charge in [-0.25, -0.2) is 4.98 Å². The van der Waals surface area contributed by atoms with E-state index in [4.69, 9.17) is 16.6 Å². The van der Waals surface area contributed by atoms with Gasteiger partial charge in [0.25, 0.3) is 5.91 Å². The van der Waals surface area contributed by atoms with Gasteiger partial charge in [0.15, 0.2) is 5.76 Å². The number of hydrogen-bond acceptors (Lipinski definition) is 3. The molecule has 1 N–H and O–H groups in total. The van der Waals surface area contributed by atoms with E-state index < -0.39 is 11.9 Å². The SMILES string of the molecule is Cc1ccc(N2C(=O)C(O)=C(c3ccc4ccccc4n3)[C@H]2c2ccc(Cl)cc2)cc1. The third-order valence-electron chi connectivity index (χ3n) is 5.58. The van der Waals surface area contributed by atoms with Crippen LogP contribution in [0.1, 0.15) is 22.9 Å². The first-order valence-corrected chi connectivity index (χ1v) is 10.4. The number of benzene rings is 3. The van der Waals surface area contributed by atoms with E-state index in [1.165, 1.54) is 0 Å². The molecule has 0 spiro atoms. The normalized spacial score (nSPS) is 16.4. The van der Waals surface area contributed by atoms with Crippen LogP contribution in [0, 0.1) is 6.92 Å². The topological polar surface area (TPSA) is 53.4 Å². The molecule has 0 bridgehead atoms. The molecule has 0 radical (unpaired) electrons. The predicted octanol–water partition coefficient (Wildman–Crippen LogP) is 6.25. The van der Waals surface area contributed by atoms with E-state index in [0.717, 1.165) is 22.0 Å². The molecular formula is C26H19ClN2O2. The second kappa shape index (κ2) is 7.56. The largest absolute Gasteiger partial charge is 0.503 e. The van der Waals surface area contributed by atoms with E-state index in [-0.39, 0.29) is 5.76 Å². The fourth-order valence-corrected chi connectivity index (χ4v) is 4.14. The maximum atomic E-state index is 13.3. The summed E-state index contributed by atoms with van der Waals surface area (Å²) in [6, 6.07) is 26.1. The smallest absolute Gasteiger partial charge is 0.294 e. The summed E-state index contributed by atoms with van der Waals surface area (Å²) in [6.07, 6.45) is 0. The highest BCUT2D eigenvalue weighted by molar-refractivity contribution is 6.30. The molecular weight excluding hydrogens is 408 g/mol. The van der Waals surface area contributed by atoms with Gasteiger partial charge in [-0.1, -0.05) is 65.7 Å². The first-order valence-electron chi connectivity index (χ1n) is 9.98. The lowest BCUT2D eigenvalue weighted by Gasteiger charge is -2.27. The molecule has 0 saturated carbocycles. The fraction of sp³-hybridized carbons (Fsp3) is 0.0769. The lowest BCUT2D eigenvalue weighted by atomic mass is 9.95. The summed E-state index contributed by atoms with van der Waals surface area (Å²) in [7, 11) is 0. The number of fused-ring (bicyclic) bond motifs is 1. The van der Waals surface area contributed by atoms with Crippen LogP contribution in [-0.4, -0.2) is 16.0 Å². The standard InChI is InChI=1S/C26H19ClN2O2/c1-16-6-13-20(14-7-16)29-24(18-8-11-19(27)12-9-18)23(25(30)26(29)31)22-15-10-17-4-2-3-5-21(17)28-22/h2-15,24,30H,1H3/t24-/m1/s1. The van der Waals surface area contributed by atoms with Crippen LogP contribution in [0.4, 0.5) is 5.69 Å². The summed E-state index contributed by atoms with van der Waals surface area (Å²) in [4.78, 5) is 19.6. The molecule has 5 heteroatoms. The Hall–Kier alpha value is -3.63. The Morgan fingerprint density at radius 3 is 2.35 bits per heavy atom. The summed E-state index contributed by atoms with van der Waals surface area (Å²) in [5, 5.41) is 12.6. The van der Waals surface area contributed by atoms with Gasteiger partial charge in [0.05, 0.1) is 22.8 Å². The number of aliphatic hydroxyl groups excluding tert-OH is 1. The van der Waals surface area contributed by atoms with Crippen molar-refractivity contribution in [3.05, 3.63) is 113 Å². The highest BCUT2D eigenvalue weighted by Crippen LogP contribution is 2.45. The second-order valence-corrected chi connectivity index (χ2v) is 8.05. The molecule has 2 heterocycles. The van der Waals surface area contributed by atoms with Gasteiger partial charge in [-0.3, -0.25) is 9.69 Å². The number of hydrogen-bond donors (Lipinski definition) is 1. The van der Waals surface area contributed by atoms with Gasteiger partial charge < -0.3 is 5.11 Å². The molecule has 1 amide bonds. The fourth-order valence-electron chi connectivity index (χ4n) is 4.02. The van der Waals surface area contributed by atoms with Crippen LogP contribution in [0.3, 0.4) is 0 Å². The van der Waals surface area contributed by atoms with Crippen molar-refractivity contribution < 1.29 is 9.90 Å². The zero-order valence-corrected chi connectivity index (χ0v) is 17.5. The monoisotopic (exact) mass is 426 g/mol. The van der Waals surface area contributed by atoms with Gasteiger partial charge in [-0.2, -0.15) is 0 Å². The van der Waals surface area contributed by atoms with Crippen molar-refractivity contribution in [2.75, 3.05) is 4.90 Å². The Bertz CT molecular complexity index is 1330. The minimum atomic E-state index is -0.527. The molecule has 152 valence electrons. The van der Waals surface area contributed by atoms with Crippen molar-refractivity contribution in [2.24, 2.45) is 0 Å². The van der Waals surface area contributed by atoms with Crippen molar-refractivity contribution in [3.63, 3.8) is 0 Å². The van der Waals surface area contributed by atoms with E-state index >= 15 is 0 Å². The number of amides is 1. The summed E-state index contributed by atoms with van der Waals surface area (Å²) in [5.74, 6) is -0.739. The van der Waals surface area contributed by atoms with Gasteiger partial charge in [0, 0.05) is 16.1 Å². The summed E-state index contributed by atoms with van der Waals surface area (Å²) < 4.78 is 0. The molecule has 1 aliphatic rings. The molecule has 31 heavy (non-hydrogen) atoms. The van der Waals surface area contributed by atoms with Crippen molar-refractivity contribution in [1.82, 2.24) is 4.98 Å². The Balaban J connectivity index is 1.71. The van der Waals surface area contributed by atoms with E-state index in [9.17, 15) is 9.90 Å². The molecule has 0 unspecified atom stereocenters. The number of rotatable bonds is 3. The predicted molar refractivity (Wildman–Crippen MR) is 124 cm³/mol. The molecule has 0 fully saturated rings. The quantitative estimate of drug-likeness (QED) is 0.421. The number of para-hydroxylation sites is 1. The Morgan fingerprint density at radius 1 is 0.903 bits per heavy atom. The maximum absolute atomic E-state index is 13.3. The van der Waals surface area contributed by atoms with Crippen LogP contribution < -0.4 is 4.90 Å². The minimum absolute atomic E-state index is 0.289. The molecule has 5 rings (SSSR count). The van der Waals surface area contributed by atoms with E-state index in [2.05, 4.69) is 0 Å². The molecule has 3 aromatic carbocycles. The van der Waals surface area contributed by atoms with E-state index in [1.54, 1.807) is 17.0 Å². The Kier molecular flexibility index (Phi) is 4.72. The zero-order valence-electron chi connectivity index (χ0n) is 16.8. The van der Waals surface area contributed by atoms with Gasteiger partial charge in [0.2, 0.25) is 0 Å². The average molecular weight is 427 g/mol. The lowest BCUT2D eigenvalue weighted by molar-refractivity contribution is -0.117. The minimum Gasteiger partial charge on any atom is -0.503 e. The molecule has 1 atom stereocenters. The van der Waals surface area contributed by atoms with Gasteiger partial charge in [-0.05, 0) is 48.9 Å². The average Bonchev–Trinajstić information content (AvgIpc) is 3.05. The van der Waals surface area contributed by atoms with Gasteiger partial charge in [0.1, 0.15) is 0 Å². The summed E-state index contributed by atoms with van der Waals surface area (Å²) in [6.45, 7) is 1.99. The lowest BCUT2D eigenvalue weighted by Crippen LogP contribution is -2.30. The number of anilines is 1. The number of aromatic nitrogens is 1.